The standard InChI is InChI=1S/C14H14N2O5/c1-15-6-14(19)16(7-13(15)18)5-10(17)9-2-3-11-12(4-9)21-8-20-11/h2-4H,5-8H2,1H3. The fraction of sp³-hybridized carbons (Fsp3) is 0.357. The van der Waals surface area contributed by atoms with Crippen LogP contribution in [-0.2, 0) is 9.59 Å². The van der Waals surface area contributed by atoms with E-state index in [1.165, 1.54) is 9.80 Å². The molecule has 21 heavy (non-hydrogen) atoms. The second-order valence-corrected chi connectivity index (χ2v) is 4.99. The van der Waals surface area contributed by atoms with Crippen LogP contribution in [0.4, 0.5) is 0 Å². The summed E-state index contributed by atoms with van der Waals surface area (Å²) in [5.41, 5.74) is 0.429. The van der Waals surface area contributed by atoms with E-state index in [1.807, 2.05) is 0 Å². The van der Waals surface area contributed by atoms with Gasteiger partial charge in [-0.15, -0.1) is 0 Å². The van der Waals surface area contributed by atoms with Crippen LogP contribution in [0.1, 0.15) is 10.4 Å². The van der Waals surface area contributed by atoms with E-state index in [2.05, 4.69) is 0 Å². The first-order valence-corrected chi connectivity index (χ1v) is 6.49. The van der Waals surface area contributed by atoms with Crippen LogP contribution in [0.5, 0.6) is 11.5 Å². The van der Waals surface area contributed by atoms with Gasteiger partial charge < -0.3 is 19.3 Å². The van der Waals surface area contributed by atoms with Gasteiger partial charge in [0.1, 0.15) is 6.54 Å². The number of benzene rings is 1. The van der Waals surface area contributed by atoms with Gasteiger partial charge in [-0.25, -0.2) is 0 Å². The minimum absolute atomic E-state index is 0.00719. The quantitative estimate of drug-likeness (QED) is 0.727. The lowest BCUT2D eigenvalue weighted by molar-refractivity contribution is -0.148. The van der Waals surface area contributed by atoms with E-state index in [1.54, 1.807) is 25.2 Å². The molecule has 1 aromatic rings. The summed E-state index contributed by atoms with van der Waals surface area (Å²) in [4.78, 5) is 38.3. The molecule has 1 aromatic carbocycles. The third-order valence-corrected chi connectivity index (χ3v) is 3.51. The molecular weight excluding hydrogens is 276 g/mol. The van der Waals surface area contributed by atoms with Gasteiger partial charge in [0.2, 0.25) is 18.6 Å². The molecule has 0 atom stereocenters. The summed E-state index contributed by atoms with van der Waals surface area (Å²) in [7, 11) is 1.57. The van der Waals surface area contributed by atoms with Crippen molar-refractivity contribution in [3.63, 3.8) is 0 Å². The smallest absolute Gasteiger partial charge is 0.243 e. The third-order valence-electron chi connectivity index (χ3n) is 3.51. The number of ether oxygens (including phenoxy) is 2. The van der Waals surface area contributed by atoms with Crippen LogP contribution >= 0.6 is 0 Å². The van der Waals surface area contributed by atoms with E-state index in [9.17, 15) is 14.4 Å². The summed E-state index contributed by atoms with van der Waals surface area (Å²) in [5, 5.41) is 0. The molecule has 0 saturated carbocycles. The van der Waals surface area contributed by atoms with Crippen LogP contribution in [0.3, 0.4) is 0 Å². The van der Waals surface area contributed by atoms with E-state index in [0.29, 0.717) is 17.1 Å². The van der Waals surface area contributed by atoms with Gasteiger partial charge >= 0.3 is 0 Å². The molecule has 0 radical (unpaired) electrons. The third kappa shape index (κ3) is 2.54. The minimum atomic E-state index is -0.237. The fourth-order valence-electron chi connectivity index (χ4n) is 2.24. The van der Waals surface area contributed by atoms with E-state index >= 15 is 0 Å². The Bertz CT molecular complexity index is 628. The summed E-state index contributed by atoms with van der Waals surface area (Å²) < 4.78 is 10.4. The van der Waals surface area contributed by atoms with Gasteiger partial charge in [-0.1, -0.05) is 0 Å². The average molecular weight is 290 g/mol. The van der Waals surface area contributed by atoms with Gasteiger partial charge in [-0.3, -0.25) is 14.4 Å². The minimum Gasteiger partial charge on any atom is -0.454 e. The topological polar surface area (TPSA) is 76.2 Å². The number of nitrogens with zero attached hydrogens (tertiary/aromatic N) is 2. The highest BCUT2D eigenvalue weighted by atomic mass is 16.7. The zero-order valence-electron chi connectivity index (χ0n) is 11.5. The molecule has 2 aliphatic heterocycles. The lowest BCUT2D eigenvalue weighted by Crippen LogP contribution is -2.53. The van der Waals surface area contributed by atoms with Gasteiger partial charge in [-0.2, -0.15) is 0 Å². The first kappa shape index (κ1) is 13.4. The molecule has 0 unspecified atom stereocenters. The van der Waals surface area contributed by atoms with Crippen LogP contribution in [0.25, 0.3) is 0 Å². The van der Waals surface area contributed by atoms with Gasteiger partial charge in [0, 0.05) is 12.6 Å². The van der Waals surface area contributed by atoms with E-state index in [0.717, 1.165) is 0 Å². The molecular formula is C14H14N2O5. The normalized spacial score (nSPS) is 17.4. The molecule has 0 aliphatic carbocycles. The number of hydrogen-bond acceptors (Lipinski definition) is 5. The Morgan fingerprint density at radius 2 is 1.90 bits per heavy atom. The molecule has 0 spiro atoms. The average Bonchev–Trinajstić information content (AvgIpc) is 2.92. The number of Topliss-reactive ketones (excluding diaryl/α,β-unsaturated/α-hetero) is 1. The van der Waals surface area contributed by atoms with Gasteiger partial charge in [-0.05, 0) is 18.2 Å². The van der Waals surface area contributed by atoms with E-state index in [-0.39, 0.29) is 44.0 Å². The van der Waals surface area contributed by atoms with Crippen molar-refractivity contribution < 1.29 is 23.9 Å². The summed E-state index contributed by atoms with van der Waals surface area (Å²) in [5.74, 6) is 0.470. The first-order chi connectivity index (χ1) is 10.0. The molecule has 0 bridgehead atoms. The van der Waals surface area contributed by atoms with Crippen molar-refractivity contribution in [2.75, 3.05) is 33.5 Å². The van der Waals surface area contributed by atoms with Crippen LogP contribution in [0, 0.1) is 0 Å². The number of piperazine rings is 1. The predicted octanol–water partition coefficient (Wildman–Crippen LogP) is -0.101. The SMILES string of the molecule is CN1CC(=O)N(CC(=O)c2ccc3c(c2)OCO3)CC1=O. The number of hydrogen-bond donors (Lipinski definition) is 0. The van der Waals surface area contributed by atoms with Crippen LogP contribution in [0.2, 0.25) is 0 Å². The number of rotatable bonds is 3. The van der Waals surface area contributed by atoms with Crippen LogP contribution < -0.4 is 9.47 Å². The molecule has 110 valence electrons. The van der Waals surface area contributed by atoms with Crippen molar-refractivity contribution in [3.05, 3.63) is 23.8 Å². The summed E-state index contributed by atoms with van der Waals surface area (Å²) in [6.07, 6.45) is 0. The van der Waals surface area contributed by atoms with Gasteiger partial charge in [0.05, 0.1) is 13.1 Å². The van der Waals surface area contributed by atoms with Crippen molar-refractivity contribution in [3.8, 4) is 11.5 Å². The molecule has 1 saturated heterocycles. The molecule has 2 aliphatic rings. The number of ketones is 1. The maximum absolute atomic E-state index is 12.2. The second-order valence-electron chi connectivity index (χ2n) is 4.99. The molecule has 1 fully saturated rings. The molecule has 3 rings (SSSR count). The lowest BCUT2D eigenvalue weighted by atomic mass is 10.1. The first-order valence-electron chi connectivity index (χ1n) is 6.49. The van der Waals surface area contributed by atoms with Crippen LogP contribution in [0.15, 0.2) is 18.2 Å². The Hall–Kier alpha value is -2.57. The van der Waals surface area contributed by atoms with E-state index in [4.69, 9.17) is 9.47 Å². The summed E-state index contributed by atoms with van der Waals surface area (Å²) in [6.45, 7) is -0.0324. The number of likely N-dealkylation sites (N-methyl/N-ethyl adjacent to an activating group) is 1. The maximum atomic E-state index is 12.2. The van der Waals surface area contributed by atoms with Crippen molar-refractivity contribution in [1.82, 2.24) is 9.80 Å². The van der Waals surface area contributed by atoms with Crippen molar-refractivity contribution >= 4 is 17.6 Å². The van der Waals surface area contributed by atoms with Gasteiger partial charge in [0.25, 0.3) is 0 Å². The van der Waals surface area contributed by atoms with Crippen molar-refractivity contribution in [2.24, 2.45) is 0 Å². The second kappa shape index (κ2) is 5.08. The monoisotopic (exact) mass is 290 g/mol. The lowest BCUT2D eigenvalue weighted by Gasteiger charge is -2.31. The highest BCUT2D eigenvalue weighted by Crippen LogP contribution is 2.32. The fourth-order valence-corrected chi connectivity index (χ4v) is 2.24. The van der Waals surface area contributed by atoms with Gasteiger partial charge in [0.15, 0.2) is 17.3 Å². The van der Waals surface area contributed by atoms with Crippen LogP contribution in [-0.4, -0.2) is 60.9 Å². The van der Waals surface area contributed by atoms with Crippen molar-refractivity contribution in [2.45, 2.75) is 0 Å². The van der Waals surface area contributed by atoms with Crippen molar-refractivity contribution in [1.29, 1.82) is 0 Å². The Balaban J connectivity index is 1.71. The molecule has 7 heteroatoms. The predicted molar refractivity (Wildman–Crippen MR) is 71.1 cm³/mol. The maximum Gasteiger partial charge on any atom is 0.243 e. The number of carbonyl (C=O) groups excluding carboxylic acids is 3. The van der Waals surface area contributed by atoms with E-state index < -0.39 is 0 Å². The Labute approximate surface area is 121 Å². The Morgan fingerprint density at radius 3 is 2.71 bits per heavy atom. The number of fused-ring (bicyclic) bond motifs is 1. The molecule has 0 N–H and O–H groups in total. The molecule has 0 aromatic heterocycles. The molecule has 2 amide bonds. The zero-order chi connectivity index (χ0) is 15.0. The molecule has 7 nitrogen and oxygen atoms in total. The largest absolute Gasteiger partial charge is 0.454 e. The zero-order valence-corrected chi connectivity index (χ0v) is 11.5. The number of amides is 2. The highest BCUT2D eigenvalue weighted by Gasteiger charge is 2.29. The summed E-state index contributed by atoms with van der Waals surface area (Å²) >= 11 is 0. The number of carbonyl (C=O) groups is 3. The Morgan fingerprint density at radius 1 is 1.14 bits per heavy atom. The molecule has 2 heterocycles. The summed E-state index contributed by atoms with van der Waals surface area (Å²) in [6, 6.07) is 4.87. The Kier molecular flexibility index (Phi) is 3.25. The highest BCUT2D eigenvalue weighted by molar-refractivity contribution is 6.01.